The van der Waals surface area contributed by atoms with Crippen LogP contribution < -0.4 is 0 Å². The third-order valence-electron chi connectivity index (χ3n) is 0. The zero-order valence-electron chi connectivity index (χ0n) is 3.78. The number of hydrogen-bond acceptors (Lipinski definition) is 0. The summed E-state index contributed by atoms with van der Waals surface area (Å²) >= 11 is 0. The summed E-state index contributed by atoms with van der Waals surface area (Å²) in [6.07, 6.45) is 0. The molecule has 1 radical (unpaired) electrons. The van der Waals surface area contributed by atoms with E-state index in [1.165, 1.54) is 0 Å². The van der Waals surface area contributed by atoms with E-state index in [9.17, 15) is 0 Å². The molecule has 0 spiro atoms. The Bertz CT molecular complexity index is 13.5. The maximum Gasteiger partial charge on any atom is 2.00 e. The number of rotatable bonds is 0. The summed E-state index contributed by atoms with van der Waals surface area (Å²) in [5.41, 5.74) is 0. The molecule has 0 rings (SSSR count). The zero-order chi connectivity index (χ0) is 0. The van der Waals surface area contributed by atoms with Gasteiger partial charge in [0.1, 0.15) is 0 Å². The van der Waals surface area contributed by atoms with Crippen LogP contribution in [0.3, 0.4) is 0 Å². The van der Waals surface area contributed by atoms with Gasteiger partial charge in [0, 0.05) is 61.8 Å². The van der Waals surface area contributed by atoms with Crippen molar-refractivity contribution in [2.75, 3.05) is 0 Å². The van der Waals surface area contributed by atoms with E-state index in [-0.39, 0.29) is 105 Å². The quantitative estimate of drug-likeness (QED) is 0.484. The van der Waals surface area contributed by atoms with Crippen molar-refractivity contribution in [1.29, 1.82) is 0 Å². The SMILES string of the molecule is [AlH3].[H-].[H-].[La].[Mg+2].[Zr]. The summed E-state index contributed by atoms with van der Waals surface area (Å²) in [4.78, 5) is 0. The van der Waals surface area contributed by atoms with Gasteiger partial charge in [-0.2, -0.15) is 0 Å². The minimum Gasteiger partial charge on any atom is -1.00 e. The molecule has 0 aliphatic carbocycles. The standard InChI is InChI=1S/Al.La.Mg.Zr.5H/q;;+2;;;;;2*-1. The van der Waals surface area contributed by atoms with Crippen LogP contribution in [0, 0.1) is 35.6 Å². The van der Waals surface area contributed by atoms with Gasteiger partial charge in [0.05, 0.1) is 0 Å². The molecule has 4 heavy (non-hydrogen) atoms. The molecule has 4 heteroatoms. The van der Waals surface area contributed by atoms with Crippen molar-refractivity contribution in [1.82, 2.24) is 0 Å². The van der Waals surface area contributed by atoms with Gasteiger partial charge in [-0.25, -0.2) is 0 Å². The molecule has 0 atom stereocenters. The predicted octanol–water partition coefficient (Wildman–Crippen LogP) is -1.34. The Morgan fingerprint density at radius 2 is 1.25 bits per heavy atom. The van der Waals surface area contributed by atoms with Crippen LogP contribution >= 0.6 is 0 Å². The van der Waals surface area contributed by atoms with Crippen LogP contribution in [0.25, 0.3) is 0 Å². The minimum atomic E-state index is 0. The molecule has 0 aliphatic rings. The second kappa shape index (κ2) is 16.2. The first-order valence-corrected chi connectivity index (χ1v) is 0. The molecule has 0 nitrogen and oxygen atoms in total. The average molecular weight is 286 g/mol. The Morgan fingerprint density at radius 1 is 1.25 bits per heavy atom. The first kappa shape index (κ1) is 26.3. The fraction of sp³-hybridized carbons (Fsp3) is 0. The minimum absolute atomic E-state index is 0. The van der Waals surface area contributed by atoms with E-state index < -0.39 is 0 Å². The summed E-state index contributed by atoms with van der Waals surface area (Å²) in [5.74, 6) is 0. The van der Waals surface area contributed by atoms with Gasteiger partial charge in [-0.3, -0.25) is 0 Å². The molecule has 0 N–H and O–H groups in total. The largest absolute Gasteiger partial charge is 2.00 e. The predicted molar refractivity (Wildman–Crippen MR) is 17.9 cm³/mol. The third-order valence-corrected chi connectivity index (χ3v) is 0. The molecule has 0 aliphatic heterocycles. The van der Waals surface area contributed by atoms with E-state index >= 15 is 0 Å². The first-order valence-electron chi connectivity index (χ1n) is 0. The average Bonchev–Trinajstić information content (AvgIpc) is 0. The van der Waals surface area contributed by atoms with Gasteiger partial charge in [0.2, 0.25) is 0 Å². The summed E-state index contributed by atoms with van der Waals surface area (Å²) in [5, 5.41) is 0. The van der Waals surface area contributed by atoms with Crippen LogP contribution in [0.2, 0.25) is 0 Å². The summed E-state index contributed by atoms with van der Waals surface area (Å²) in [6, 6.07) is 0. The molecule has 0 aromatic rings. The van der Waals surface area contributed by atoms with E-state index in [4.69, 9.17) is 0 Å². The molecule has 0 saturated carbocycles. The Kier molecular flexibility index (Phi) is 106. The monoisotopic (exact) mass is 285 g/mol. The number of hydrogen-bond donors (Lipinski definition) is 0. The molecule has 0 bridgehead atoms. The molecule has 0 unspecified atom stereocenters. The Morgan fingerprint density at radius 3 is 1.25 bits per heavy atom. The van der Waals surface area contributed by atoms with Gasteiger partial charge in [-0.05, 0) is 0 Å². The summed E-state index contributed by atoms with van der Waals surface area (Å²) < 4.78 is 0. The van der Waals surface area contributed by atoms with Gasteiger partial charge in [0.25, 0.3) is 0 Å². The van der Waals surface area contributed by atoms with Crippen LogP contribution in [0.5, 0.6) is 0 Å². The normalized spacial score (nSPS) is 0. The maximum absolute atomic E-state index is 0. The van der Waals surface area contributed by atoms with Crippen molar-refractivity contribution >= 4 is 40.4 Å². The smallest absolute Gasteiger partial charge is 1.00 e. The van der Waals surface area contributed by atoms with E-state index in [1.54, 1.807) is 0 Å². The van der Waals surface area contributed by atoms with E-state index in [0.29, 0.717) is 0 Å². The summed E-state index contributed by atoms with van der Waals surface area (Å²) in [7, 11) is 0. The third kappa shape index (κ3) is 9.03. The first-order chi connectivity index (χ1) is 0. The molecule has 0 heterocycles. The second-order valence-electron chi connectivity index (χ2n) is 0. The molecular weight excluding hydrogens is 281 g/mol. The maximum atomic E-state index is 0. The van der Waals surface area contributed by atoms with Gasteiger partial charge >= 0.3 is 23.1 Å². The van der Waals surface area contributed by atoms with Crippen molar-refractivity contribution in [2.24, 2.45) is 0 Å². The molecule has 0 aromatic carbocycles. The molecule has 0 saturated heterocycles. The van der Waals surface area contributed by atoms with Crippen LogP contribution in [0.15, 0.2) is 0 Å². The fourth-order valence-corrected chi connectivity index (χ4v) is 0. The van der Waals surface area contributed by atoms with Gasteiger partial charge < -0.3 is 2.85 Å². The molecular formula is H5AlLaMgZr. The van der Waals surface area contributed by atoms with Crippen molar-refractivity contribution < 1.29 is 64.7 Å². The van der Waals surface area contributed by atoms with Crippen molar-refractivity contribution in [3.8, 4) is 0 Å². The van der Waals surface area contributed by atoms with Crippen LogP contribution in [-0.2, 0) is 26.2 Å². The Balaban J connectivity index is 0. The molecule has 0 aromatic heterocycles. The topological polar surface area (TPSA) is 0 Å². The molecule has 0 amide bonds. The van der Waals surface area contributed by atoms with Gasteiger partial charge in [0.15, 0.2) is 17.4 Å². The Labute approximate surface area is 103 Å². The van der Waals surface area contributed by atoms with Gasteiger partial charge in [-0.15, -0.1) is 0 Å². The fourth-order valence-electron chi connectivity index (χ4n) is 0. The van der Waals surface area contributed by atoms with Crippen LogP contribution in [0.4, 0.5) is 0 Å². The van der Waals surface area contributed by atoms with Gasteiger partial charge in [-0.1, -0.05) is 0 Å². The van der Waals surface area contributed by atoms with E-state index in [1.807, 2.05) is 0 Å². The Hall–Kier alpha value is 3.38. The molecule has 0 fully saturated rings. The second-order valence-corrected chi connectivity index (χ2v) is 0. The summed E-state index contributed by atoms with van der Waals surface area (Å²) in [6.45, 7) is 0. The van der Waals surface area contributed by atoms with E-state index in [2.05, 4.69) is 0 Å². The van der Waals surface area contributed by atoms with Crippen molar-refractivity contribution in [3.63, 3.8) is 0 Å². The van der Waals surface area contributed by atoms with Crippen LogP contribution in [0.1, 0.15) is 2.85 Å². The van der Waals surface area contributed by atoms with Crippen molar-refractivity contribution in [2.45, 2.75) is 0 Å². The van der Waals surface area contributed by atoms with Crippen molar-refractivity contribution in [3.05, 3.63) is 0 Å². The molecule has 17 valence electrons. The van der Waals surface area contributed by atoms with Crippen LogP contribution in [-0.4, -0.2) is 40.4 Å². The van der Waals surface area contributed by atoms with E-state index in [0.717, 1.165) is 0 Å². The zero-order valence-corrected chi connectivity index (χ0v) is 9.28.